The molecule has 0 unspecified atom stereocenters. The summed E-state index contributed by atoms with van der Waals surface area (Å²) in [4.78, 5) is 16.6. The number of nitrogens with one attached hydrogen (secondary N) is 2. The quantitative estimate of drug-likeness (QED) is 0.289. The van der Waals surface area contributed by atoms with E-state index in [1.54, 1.807) is 4.80 Å². The van der Waals surface area contributed by atoms with Crippen LogP contribution in [0.5, 0.6) is 0 Å². The summed E-state index contributed by atoms with van der Waals surface area (Å²) in [6.07, 6.45) is 0. The summed E-state index contributed by atoms with van der Waals surface area (Å²) in [6.45, 7) is 14.5. The molecule has 1 amide bonds. The Morgan fingerprint density at radius 3 is 2.19 bits per heavy atom. The van der Waals surface area contributed by atoms with Crippen LogP contribution in [0.2, 0.25) is 0 Å². The van der Waals surface area contributed by atoms with E-state index in [0.29, 0.717) is 11.5 Å². The lowest BCUT2D eigenvalue weighted by atomic mass is 10.0. The number of thiocarbonyl (C=S) groups is 1. The zero-order valence-corrected chi connectivity index (χ0v) is 23.1. The van der Waals surface area contributed by atoms with Crippen LogP contribution >= 0.6 is 12.2 Å². The van der Waals surface area contributed by atoms with Crippen LogP contribution in [-0.4, -0.2) is 39.1 Å². The fourth-order valence-corrected chi connectivity index (χ4v) is 4.51. The minimum absolute atomic E-state index is 0.232. The molecule has 0 spiro atoms. The SMILES string of the molecule is CCN(CC)c1ccc(-n2nc3cc(C)c(NC(=S)NC(=O)c4ccc(C(C)C)cc4)cc3n2)c(C)c1. The first-order chi connectivity index (χ1) is 17.7. The smallest absolute Gasteiger partial charge is 0.257 e. The number of hydrogen-bond donors (Lipinski definition) is 2. The molecule has 0 radical (unpaired) electrons. The number of aryl methyl sites for hydroxylation is 2. The predicted octanol–water partition coefficient (Wildman–Crippen LogP) is 6.13. The van der Waals surface area contributed by atoms with E-state index in [1.165, 1.54) is 11.3 Å². The third kappa shape index (κ3) is 5.80. The van der Waals surface area contributed by atoms with Gasteiger partial charge in [0.05, 0.1) is 5.69 Å². The number of carbonyl (C=O) groups excluding carboxylic acids is 1. The van der Waals surface area contributed by atoms with Crippen LogP contribution in [0.25, 0.3) is 16.7 Å². The van der Waals surface area contributed by atoms with Crippen LogP contribution in [0.3, 0.4) is 0 Å². The van der Waals surface area contributed by atoms with Gasteiger partial charge in [0.1, 0.15) is 11.0 Å². The molecule has 1 aromatic heterocycles. The summed E-state index contributed by atoms with van der Waals surface area (Å²) in [5, 5.41) is 15.6. The number of amides is 1. The first kappa shape index (κ1) is 26.3. The Morgan fingerprint density at radius 1 is 0.946 bits per heavy atom. The standard InChI is InChI=1S/C29H34N6OS/c1-7-34(8-2)23-13-14-27(20(6)15-23)35-32-25-16-19(5)24(17-26(25)33-35)30-29(37)31-28(36)22-11-9-21(10-12-22)18(3)4/h9-18H,7-8H2,1-6H3,(H2,30,31,36,37). The third-order valence-corrected chi connectivity index (χ3v) is 6.77. The molecule has 0 saturated carbocycles. The van der Waals surface area contributed by atoms with Gasteiger partial charge in [0, 0.05) is 30.0 Å². The van der Waals surface area contributed by atoms with E-state index in [0.717, 1.165) is 46.6 Å². The second-order valence-electron chi connectivity index (χ2n) is 9.47. The average Bonchev–Trinajstić information content (AvgIpc) is 3.27. The second kappa shape index (κ2) is 11.1. The van der Waals surface area contributed by atoms with Crippen LogP contribution in [0.15, 0.2) is 54.6 Å². The molecule has 0 atom stereocenters. The highest BCUT2D eigenvalue weighted by molar-refractivity contribution is 7.80. The van der Waals surface area contributed by atoms with E-state index in [1.807, 2.05) is 43.3 Å². The van der Waals surface area contributed by atoms with Gasteiger partial charge in [-0.15, -0.1) is 10.2 Å². The van der Waals surface area contributed by atoms with Gasteiger partial charge in [-0.1, -0.05) is 26.0 Å². The number of rotatable bonds is 7. The fourth-order valence-electron chi connectivity index (χ4n) is 4.31. The third-order valence-electron chi connectivity index (χ3n) is 6.57. The minimum Gasteiger partial charge on any atom is -0.372 e. The Balaban J connectivity index is 1.51. The van der Waals surface area contributed by atoms with Gasteiger partial charge in [0.2, 0.25) is 0 Å². The maximum atomic E-state index is 12.7. The maximum Gasteiger partial charge on any atom is 0.257 e. The number of hydrogen-bond acceptors (Lipinski definition) is 5. The number of benzene rings is 3. The van der Waals surface area contributed by atoms with Crippen molar-refractivity contribution in [2.45, 2.75) is 47.5 Å². The molecule has 3 aromatic carbocycles. The molecule has 0 bridgehead atoms. The van der Waals surface area contributed by atoms with Gasteiger partial charge in [0.15, 0.2) is 5.11 Å². The molecule has 0 fully saturated rings. The van der Waals surface area contributed by atoms with Crippen LogP contribution in [0.1, 0.15) is 60.7 Å². The first-order valence-corrected chi connectivity index (χ1v) is 13.1. The van der Waals surface area contributed by atoms with Gasteiger partial charge in [-0.3, -0.25) is 10.1 Å². The molecular weight excluding hydrogens is 480 g/mol. The van der Waals surface area contributed by atoms with E-state index < -0.39 is 0 Å². The van der Waals surface area contributed by atoms with E-state index in [-0.39, 0.29) is 11.0 Å². The van der Waals surface area contributed by atoms with Crippen molar-refractivity contribution in [2.75, 3.05) is 23.3 Å². The lowest BCUT2D eigenvalue weighted by Gasteiger charge is -2.22. The molecule has 8 heteroatoms. The summed E-state index contributed by atoms with van der Waals surface area (Å²) in [5.74, 6) is 0.160. The lowest BCUT2D eigenvalue weighted by molar-refractivity contribution is 0.0977. The second-order valence-corrected chi connectivity index (χ2v) is 9.88. The Morgan fingerprint density at radius 2 is 1.59 bits per heavy atom. The normalized spacial score (nSPS) is 11.1. The first-order valence-electron chi connectivity index (χ1n) is 12.7. The van der Waals surface area contributed by atoms with Crippen molar-refractivity contribution in [3.8, 4) is 5.69 Å². The highest BCUT2D eigenvalue weighted by Crippen LogP contribution is 2.25. The van der Waals surface area contributed by atoms with Crippen molar-refractivity contribution in [1.82, 2.24) is 20.3 Å². The van der Waals surface area contributed by atoms with Gasteiger partial charge in [-0.25, -0.2) is 0 Å². The van der Waals surface area contributed by atoms with Crippen molar-refractivity contribution in [3.05, 3.63) is 76.9 Å². The summed E-state index contributed by atoms with van der Waals surface area (Å²) in [5.41, 5.74) is 8.22. The predicted molar refractivity (Wildman–Crippen MR) is 156 cm³/mol. The summed E-state index contributed by atoms with van der Waals surface area (Å²) < 4.78 is 0. The molecule has 1 heterocycles. The van der Waals surface area contributed by atoms with Gasteiger partial charge in [-0.05, 0) is 105 Å². The molecule has 192 valence electrons. The van der Waals surface area contributed by atoms with Gasteiger partial charge in [-0.2, -0.15) is 4.80 Å². The molecular formula is C29H34N6OS. The van der Waals surface area contributed by atoms with Gasteiger partial charge >= 0.3 is 0 Å². The fraction of sp³-hybridized carbons (Fsp3) is 0.310. The zero-order chi connectivity index (χ0) is 26.7. The van der Waals surface area contributed by atoms with Gasteiger partial charge in [0.25, 0.3) is 5.91 Å². The van der Waals surface area contributed by atoms with Crippen molar-refractivity contribution >= 4 is 45.6 Å². The Bertz CT molecular complexity index is 1440. The van der Waals surface area contributed by atoms with Crippen LogP contribution < -0.4 is 15.5 Å². The lowest BCUT2D eigenvalue weighted by Crippen LogP contribution is -2.34. The average molecular weight is 515 g/mol. The number of aromatic nitrogens is 3. The molecule has 0 aliphatic carbocycles. The summed E-state index contributed by atoms with van der Waals surface area (Å²) in [7, 11) is 0. The molecule has 7 nitrogen and oxygen atoms in total. The summed E-state index contributed by atoms with van der Waals surface area (Å²) in [6, 6.07) is 17.8. The van der Waals surface area contributed by atoms with Crippen molar-refractivity contribution in [1.29, 1.82) is 0 Å². The van der Waals surface area contributed by atoms with Crippen molar-refractivity contribution < 1.29 is 4.79 Å². The summed E-state index contributed by atoms with van der Waals surface area (Å²) >= 11 is 5.43. The van der Waals surface area contributed by atoms with E-state index >= 15 is 0 Å². The Hall–Kier alpha value is -3.78. The molecule has 4 aromatic rings. The largest absolute Gasteiger partial charge is 0.372 e. The molecule has 2 N–H and O–H groups in total. The number of anilines is 2. The maximum absolute atomic E-state index is 12.7. The van der Waals surface area contributed by atoms with Crippen LogP contribution in [-0.2, 0) is 0 Å². The number of nitrogens with zero attached hydrogens (tertiary/aromatic N) is 4. The van der Waals surface area contributed by atoms with E-state index in [4.69, 9.17) is 22.4 Å². The number of fused-ring (bicyclic) bond motifs is 1. The molecule has 37 heavy (non-hydrogen) atoms. The zero-order valence-electron chi connectivity index (χ0n) is 22.3. The van der Waals surface area contributed by atoms with Crippen LogP contribution in [0.4, 0.5) is 11.4 Å². The highest BCUT2D eigenvalue weighted by Gasteiger charge is 2.14. The van der Waals surface area contributed by atoms with Crippen LogP contribution in [0, 0.1) is 13.8 Å². The molecule has 0 aliphatic rings. The van der Waals surface area contributed by atoms with Gasteiger partial charge < -0.3 is 10.2 Å². The van der Waals surface area contributed by atoms with E-state index in [9.17, 15) is 4.79 Å². The Kier molecular flexibility index (Phi) is 7.88. The monoisotopic (exact) mass is 514 g/mol. The molecule has 0 aliphatic heterocycles. The highest BCUT2D eigenvalue weighted by atomic mass is 32.1. The van der Waals surface area contributed by atoms with Crippen molar-refractivity contribution in [3.63, 3.8) is 0 Å². The molecule has 0 saturated heterocycles. The Labute approximate surface area is 223 Å². The van der Waals surface area contributed by atoms with E-state index in [2.05, 4.69) is 68.4 Å². The number of carbonyl (C=O) groups is 1. The molecule has 4 rings (SSSR count). The minimum atomic E-state index is -0.249. The van der Waals surface area contributed by atoms with Crippen molar-refractivity contribution in [2.24, 2.45) is 0 Å². The topological polar surface area (TPSA) is 75.1 Å².